The maximum Gasteiger partial charge on any atom is 0.408 e. The van der Waals surface area contributed by atoms with Gasteiger partial charge in [-0.3, -0.25) is 0 Å². The van der Waals surface area contributed by atoms with Gasteiger partial charge in [0.15, 0.2) is 5.38 Å². The molecule has 1 atom stereocenters. The van der Waals surface area contributed by atoms with Crippen molar-refractivity contribution in [2.45, 2.75) is 38.2 Å². The van der Waals surface area contributed by atoms with Crippen molar-refractivity contribution in [2.75, 3.05) is 0 Å². The summed E-state index contributed by atoms with van der Waals surface area (Å²) in [7, 11) is 0. The zero-order valence-corrected chi connectivity index (χ0v) is 9.99. The number of aryl methyl sites for hydroxylation is 2. The number of hydrogen-bond acceptors (Lipinski definition) is 0. The molecule has 1 aromatic rings. The molecule has 0 aliphatic heterocycles. The first-order valence-electron chi connectivity index (χ1n) is 5.22. The molecule has 0 aliphatic carbocycles. The molecule has 0 amide bonds. The highest BCUT2D eigenvalue weighted by atomic mass is 35.5. The van der Waals surface area contributed by atoms with Gasteiger partial charge in [-0.1, -0.05) is 32.0 Å². The van der Waals surface area contributed by atoms with Crippen LogP contribution in [0.1, 0.15) is 35.9 Å². The molecule has 16 heavy (non-hydrogen) atoms. The van der Waals surface area contributed by atoms with Gasteiger partial charge in [0.1, 0.15) is 0 Å². The summed E-state index contributed by atoms with van der Waals surface area (Å²) >= 11 is 5.47. The third-order valence-corrected chi connectivity index (χ3v) is 3.04. The number of rotatable bonds is 3. The van der Waals surface area contributed by atoms with Crippen LogP contribution in [0.15, 0.2) is 18.2 Å². The predicted molar refractivity (Wildman–Crippen MR) is 59.8 cm³/mol. The van der Waals surface area contributed by atoms with E-state index in [1.165, 1.54) is 0 Å². The van der Waals surface area contributed by atoms with E-state index in [2.05, 4.69) is 0 Å². The quantitative estimate of drug-likeness (QED) is 0.685. The Morgan fingerprint density at radius 2 is 1.81 bits per heavy atom. The van der Waals surface area contributed by atoms with Crippen molar-refractivity contribution in [1.29, 1.82) is 0 Å². The number of alkyl halides is 4. The van der Waals surface area contributed by atoms with E-state index in [-0.39, 0.29) is 5.56 Å². The Bertz CT molecular complexity index is 358. The summed E-state index contributed by atoms with van der Waals surface area (Å²) in [6.45, 7) is 3.73. The summed E-state index contributed by atoms with van der Waals surface area (Å²) in [5, 5.41) is -1.91. The van der Waals surface area contributed by atoms with Crippen LogP contribution in [0, 0.1) is 0 Å². The predicted octanol–water partition coefficient (Wildman–Crippen LogP) is 4.65. The molecular formula is C12H14ClF3. The molecule has 0 aromatic heterocycles. The van der Waals surface area contributed by atoms with E-state index >= 15 is 0 Å². The molecule has 90 valence electrons. The Hall–Kier alpha value is -0.700. The molecule has 1 rings (SSSR count). The topological polar surface area (TPSA) is 0 Å². The van der Waals surface area contributed by atoms with Crippen molar-refractivity contribution < 1.29 is 13.2 Å². The lowest BCUT2D eigenvalue weighted by molar-refractivity contribution is -0.131. The van der Waals surface area contributed by atoms with Crippen LogP contribution >= 0.6 is 11.6 Å². The van der Waals surface area contributed by atoms with E-state index in [9.17, 15) is 13.2 Å². The third kappa shape index (κ3) is 2.91. The maximum absolute atomic E-state index is 12.6. The molecule has 1 aromatic carbocycles. The second-order valence-corrected chi connectivity index (χ2v) is 4.08. The van der Waals surface area contributed by atoms with Gasteiger partial charge >= 0.3 is 6.18 Å². The largest absolute Gasteiger partial charge is 0.408 e. The normalized spacial score (nSPS) is 13.9. The summed E-state index contributed by atoms with van der Waals surface area (Å²) in [4.78, 5) is 0. The van der Waals surface area contributed by atoms with E-state index in [1.54, 1.807) is 12.1 Å². The van der Waals surface area contributed by atoms with E-state index in [4.69, 9.17) is 11.6 Å². The molecule has 0 bridgehead atoms. The van der Waals surface area contributed by atoms with Crippen LogP contribution in [-0.4, -0.2) is 6.18 Å². The lowest BCUT2D eigenvalue weighted by Crippen LogP contribution is -2.17. The van der Waals surface area contributed by atoms with Gasteiger partial charge in [-0.05, 0) is 29.5 Å². The Balaban J connectivity index is 3.18. The summed E-state index contributed by atoms with van der Waals surface area (Å²) in [5.41, 5.74) is 1.73. The molecule has 0 nitrogen and oxygen atoms in total. The number of hydrogen-bond donors (Lipinski definition) is 0. The van der Waals surface area contributed by atoms with Gasteiger partial charge in [-0.25, -0.2) is 0 Å². The fourth-order valence-corrected chi connectivity index (χ4v) is 1.80. The molecule has 4 heteroatoms. The van der Waals surface area contributed by atoms with Crippen LogP contribution < -0.4 is 0 Å². The smallest absolute Gasteiger partial charge is 0.169 e. The molecule has 0 radical (unpaired) electrons. The lowest BCUT2D eigenvalue weighted by Gasteiger charge is -2.18. The Morgan fingerprint density at radius 3 is 2.25 bits per heavy atom. The zero-order valence-electron chi connectivity index (χ0n) is 9.24. The Kier molecular flexibility index (Phi) is 4.25. The minimum Gasteiger partial charge on any atom is -0.169 e. The van der Waals surface area contributed by atoms with E-state index in [0.717, 1.165) is 5.56 Å². The molecule has 0 aliphatic rings. The Morgan fingerprint density at radius 1 is 1.19 bits per heavy atom. The second kappa shape index (κ2) is 5.09. The molecule has 0 saturated heterocycles. The van der Waals surface area contributed by atoms with Gasteiger partial charge in [-0.2, -0.15) is 13.2 Å². The summed E-state index contributed by atoms with van der Waals surface area (Å²) in [6.07, 6.45) is -3.13. The molecule has 0 heterocycles. The lowest BCUT2D eigenvalue weighted by atomic mass is 9.98. The first-order valence-corrected chi connectivity index (χ1v) is 5.66. The number of benzene rings is 1. The fourth-order valence-electron chi connectivity index (χ4n) is 1.60. The SMILES string of the molecule is CCc1ccc(CC)c(C(Cl)C(F)(F)F)c1. The minimum atomic E-state index is -4.39. The van der Waals surface area contributed by atoms with Crippen molar-refractivity contribution in [3.63, 3.8) is 0 Å². The van der Waals surface area contributed by atoms with Gasteiger partial charge < -0.3 is 0 Å². The molecule has 0 fully saturated rings. The van der Waals surface area contributed by atoms with Gasteiger partial charge in [0.2, 0.25) is 0 Å². The second-order valence-electron chi connectivity index (χ2n) is 3.64. The molecule has 0 saturated carbocycles. The summed E-state index contributed by atoms with van der Waals surface area (Å²) in [5.74, 6) is 0. The van der Waals surface area contributed by atoms with Crippen LogP contribution in [-0.2, 0) is 12.8 Å². The van der Waals surface area contributed by atoms with Crippen molar-refractivity contribution in [3.05, 3.63) is 34.9 Å². The van der Waals surface area contributed by atoms with Crippen molar-refractivity contribution >= 4 is 11.6 Å². The maximum atomic E-state index is 12.6. The molecule has 1 unspecified atom stereocenters. The minimum absolute atomic E-state index is 0.191. The highest BCUT2D eigenvalue weighted by Gasteiger charge is 2.40. The van der Waals surface area contributed by atoms with Gasteiger partial charge in [-0.15, -0.1) is 11.6 Å². The van der Waals surface area contributed by atoms with Crippen LogP contribution in [0.4, 0.5) is 13.2 Å². The van der Waals surface area contributed by atoms with Crippen LogP contribution in [0.25, 0.3) is 0 Å². The molecular weight excluding hydrogens is 237 g/mol. The highest BCUT2D eigenvalue weighted by Crippen LogP contribution is 2.39. The van der Waals surface area contributed by atoms with E-state index in [1.807, 2.05) is 19.9 Å². The van der Waals surface area contributed by atoms with E-state index < -0.39 is 11.6 Å². The van der Waals surface area contributed by atoms with Crippen LogP contribution in [0.2, 0.25) is 0 Å². The van der Waals surface area contributed by atoms with Crippen molar-refractivity contribution in [2.24, 2.45) is 0 Å². The average Bonchev–Trinajstić information content (AvgIpc) is 2.25. The molecule has 0 N–H and O–H groups in total. The first-order chi connectivity index (χ1) is 7.40. The summed E-state index contributed by atoms with van der Waals surface area (Å²) in [6, 6.07) is 5.14. The first kappa shape index (κ1) is 13.4. The van der Waals surface area contributed by atoms with Crippen LogP contribution in [0.5, 0.6) is 0 Å². The van der Waals surface area contributed by atoms with Crippen molar-refractivity contribution in [1.82, 2.24) is 0 Å². The zero-order chi connectivity index (χ0) is 12.3. The fraction of sp³-hybridized carbons (Fsp3) is 0.500. The number of halogens is 4. The van der Waals surface area contributed by atoms with Crippen LogP contribution in [0.3, 0.4) is 0 Å². The van der Waals surface area contributed by atoms with E-state index in [0.29, 0.717) is 18.4 Å². The molecule has 0 spiro atoms. The monoisotopic (exact) mass is 250 g/mol. The Labute approximate surface area is 98.4 Å². The standard InChI is InChI=1S/C12H14ClF3/c1-3-8-5-6-9(4-2)10(7-8)11(13)12(14,15)16/h5-7,11H,3-4H2,1-2H3. The van der Waals surface area contributed by atoms with Gasteiger partial charge in [0.05, 0.1) is 0 Å². The van der Waals surface area contributed by atoms with Crippen molar-refractivity contribution in [3.8, 4) is 0 Å². The third-order valence-electron chi connectivity index (χ3n) is 2.56. The van der Waals surface area contributed by atoms with Gasteiger partial charge in [0.25, 0.3) is 0 Å². The van der Waals surface area contributed by atoms with Gasteiger partial charge in [0, 0.05) is 0 Å². The summed E-state index contributed by atoms with van der Waals surface area (Å²) < 4.78 is 37.7. The highest BCUT2D eigenvalue weighted by molar-refractivity contribution is 6.21. The average molecular weight is 251 g/mol.